The predicted molar refractivity (Wildman–Crippen MR) is 112 cm³/mol. The van der Waals surface area contributed by atoms with Gasteiger partial charge in [-0.25, -0.2) is 0 Å². The number of aryl methyl sites for hydroxylation is 1. The molecule has 1 saturated carbocycles. The van der Waals surface area contributed by atoms with Crippen molar-refractivity contribution in [2.45, 2.75) is 57.5 Å². The highest BCUT2D eigenvalue weighted by atomic mass is 16.2. The molecule has 148 valence electrons. The molecule has 0 unspecified atom stereocenters. The van der Waals surface area contributed by atoms with Crippen LogP contribution in [0.5, 0.6) is 0 Å². The zero-order valence-corrected chi connectivity index (χ0v) is 16.7. The summed E-state index contributed by atoms with van der Waals surface area (Å²) >= 11 is 0. The summed E-state index contributed by atoms with van der Waals surface area (Å²) in [5.74, 6) is 0.131. The van der Waals surface area contributed by atoms with Crippen LogP contribution < -0.4 is 5.32 Å². The Morgan fingerprint density at radius 2 is 1.61 bits per heavy atom. The monoisotopic (exact) mass is 378 g/mol. The van der Waals surface area contributed by atoms with E-state index in [0.29, 0.717) is 24.6 Å². The predicted octanol–water partition coefficient (Wildman–Crippen LogP) is 4.34. The van der Waals surface area contributed by atoms with E-state index in [-0.39, 0.29) is 11.8 Å². The van der Waals surface area contributed by atoms with Gasteiger partial charge in [0, 0.05) is 31.6 Å². The van der Waals surface area contributed by atoms with E-state index in [1.807, 2.05) is 66.5 Å². The van der Waals surface area contributed by atoms with Gasteiger partial charge in [-0.2, -0.15) is 0 Å². The van der Waals surface area contributed by atoms with Gasteiger partial charge in [0.25, 0.3) is 5.91 Å². The van der Waals surface area contributed by atoms with Crippen LogP contribution in [0.1, 0.15) is 60.0 Å². The van der Waals surface area contributed by atoms with Crippen LogP contribution in [-0.4, -0.2) is 29.8 Å². The maximum atomic E-state index is 12.7. The van der Waals surface area contributed by atoms with E-state index in [9.17, 15) is 9.59 Å². The van der Waals surface area contributed by atoms with Crippen molar-refractivity contribution >= 4 is 11.8 Å². The molecule has 0 aliphatic heterocycles. The van der Waals surface area contributed by atoms with Crippen LogP contribution in [0.25, 0.3) is 0 Å². The van der Waals surface area contributed by atoms with Crippen LogP contribution in [0, 0.1) is 0 Å². The van der Waals surface area contributed by atoms with Crippen molar-refractivity contribution in [1.82, 2.24) is 10.2 Å². The van der Waals surface area contributed by atoms with Gasteiger partial charge in [-0.05, 0) is 42.5 Å². The van der Waals surface area contributed by atoms with Crippen molar-refractivity contribution < 1.29 is 9.59 Å². The van der Waals surface area contributed by atoms with E-state index in [4.69, 9.17) is 0 Å². The number of rotatable bonds is 7. The van der Waals surface area contributed by atoms with E-state index >= 15 is 0 Å². The summed E-state index contributed by atoms with van der Waals surface area (Å²) in [6.45, 7) is 0.487. The highest BCUT2D eigenvalue weighted by Gasteiger charge is 2.22. The summed E-state index contributed by atoms with van der Waals surface area (Å²) in [6.07, 6.45) is 7.14. The van der Waals surface area contributed by atoms with Crippen molar-refractivity contribution in [3.8, 4) is 0 Å². The molecule has 28 heavy (non-hydrogen) atoms. The molecule has 2 aromatic rings. The van der Waals surface area contributed by atoms with Gasteiger partial charge < -0.3 is 10.2 Å². The maximum Gasteiger partial charge on any atom is 0.253 e. The molecule has 2 amide bonds. The molecule has 0 aromatic heterocycles. The third-order valence-corrected chi connectivity index (χ3v) is 5.62. The van der Waals surface area contributed by atoms with Crippen LogP contribution in [0.3, 0.4) is 0 Å². The van der Waals surface area contributed by atoms with Gasteiger partial charge in [-0.1, -0.05) is 61.7 Å². The van der Waals surface area contributed by atoms with Gasteiger partial charge in [-0.3, -0.25) is 9.59 Å². The number of nitrogens with one attached hydrogen (secondary N) is 1. The Morgan fingerprint density at radius 1 is 0.929 bits per heavy atom. The molecular weight excluding hydrogens is 348 g/mol. The molecule has 1 N–H and O–H groups in total. The minimum atomic E-state index is 0.0426. The SMILES string of the molecule is CN(C(=O)c1ccc(CNC(=O)CCc2ccccc2)cc1)C1CCCCC1. The van der Waals surface area contributed by atoms with Crippen molar-refractivity contribution in [3.05, 3.63) is 71.3 Å². The van der Waals surface area contributed by atoms with Gasteiger partial charge >= 0.3 is 0 Å². The highest BCUT2D eigenvalue weighted by molar-refractivity contribution is 5.94. The topological polar surface area (TPSA) is 49.4 Å². The van der Waals surface area contributed by atoms with Crippen LogP contribution in [0.2, 0.25) is 0 Å². The maximum absolute atomic E-state index is 12.7. The number of benzene rings is 2. The van der Waals surface area contributed by atoms with Gasteiger partial charge in [0.05, 0.1) is 0 Å². The van der Waals surface area contributed by atoms with Crippen LogP contribution in [-0.2, 0) is 17.8 Å². The van der Waals surface area contributed by atoms with Crippen LogP contribution >= 0.6 is 0 Å². The number of carbonyl (C=O) groups is 2. The first kappa shape index (κ1) is 20.1. The second-order valence-corrected chi connectivity index (χ2v) is 7.67. The summed E-state index contributed by atoms with van der Waals surface area (Å²) in [7, 11) is 1.92. The number of nitrogens with zero attached hydrogens (tertiary/aromatic N) is 1. The average molecular weight is 379 g/mol. The van der Waals surface area contributed by atoms with Gasteiger partial charge in [-0.15, -0.1) is 0 Å². The Bertz CT molecular complexity index is 765. The zero-order valence-electron chi connectivity index (χ0n) is 16.7. The van der Waals surface area contributed by atoms with Crippen molar-refractivity contribution in [2.75, 3.05) is 7.05 Å². The lowest BCUT2D eigenvalue weighted by Gasteiger charge is -2.31. The summed E-state index contributed by atoms with van der Waals surface area (Å²) in [5, 5.41) is 2.96. The van der Waals surface area contributed by atoms with Crippen LogP contribution in [0.15, 0.2) is 54.6 Å². The smallest absolute Gasteiger partial charge is 0.253 e. The Balaban J connectivity index is 1.46. The molecular formula is C24H30N2O2. The number of carbonyl (C=O) groups excluding carboxylic acids is 2. The zero-order chi connectivity index (χ0) is 19.8. The molecule has 4 heteroatoms. The first-order valence-corrected chi connectivity index (χ1v) is 10.3. The minimum Gasteiger partial charge on any atom is -0.352 e. The van der Waals surface area contributed by atoms with Crippen LogP contribution in [0.4, 0.5) is 0 Å². The standard InChI is InChI=1S/C24H30N2O2/c1-26(22-10-6-3-7-11-22)24(28)21-15-12-20(13-16-21)18-25-23(27)17-14-19-8-4-2-5-9-19/h2,4-5,8-9,12-13,15-16,22H,3,6-7,10-11,14,17-18H2,1H3,(H,25,27). The Labute approximate surface area is 167 Å². The fourth-order valence-corrected chi connectivity index (χ4v) is 3.79. The first-order valence-electron chi connectivity index (χ1n) is 10.3. The molecule has 0 atom stereocenters. The molecule has 0 spiro atoms. The summed E-state index contributed by atoms with van der Waals surface area (Å²) in [4.78, 5) is 26.7. The Hall–Kier alpha value is -2.62. The Kier molecular flexibility index (Phi) is 7.24. The molecule has 1 aliphatic rings. The second kappa shape index (κ2) is 10.1. The molecule has 0 bridgehead atoms. The van der Waals surface area contributed by atoms with Gasteiger partial charge in [0.15, 0.2) is 0 Å². The molecule has 0 saturated heterocycles. The lowest BCUT2D eigenvalue weighted by atomic mass is 9.94. The molecule has 3 rings (SSSR count). The summed E-state index contributed by atoms with van der Waals surface area (Å²) in [5.41, 5.74) is 2.89. The highest BCUT2D eigenvalue weighted by Crippen LogP contribution is 2.23. The lowest BCUT2D eigenvalue weighted by Crippen LogP contribution is -2.38. The number of hydrogen-bond donors (Lipinski definition) is 1. The number of amides is 2. The normalized spacial score (nSPS) is 14.5. The molecule has 0 radical (unpaired) electrons. The molecule has 0 heterocycles. The number of hydrogen-bond acceptors (Lipinski definition) is 2. The van der Waals surface area contributed by atoms with E-state index < -0.39 is 0 Å². The lowest BCUT2D eigenvalue weighted by molar-refractivity contribution is -0.121. The molecule has 1 aliphatic carbocycles. The average Bonchev–Trinajstić information content (AvgIpc) is 2.77. The van der Waals surface area contributed by atoms with Crippen molar-refractivity contribution in [3.63, 3.8) is 0 Å². The fourth-order valence-electron chi connectivity index (χ4n) is 3.79. The second-order valence-electron chi connectivity index (χ2n) is 7.67. The van der Waals surface area contributed by atoms with E-state index in [2.05, 4.69) is 5.32 Å². The summed E-state index contributed by atoms with van der Waals surface area (Å²) in [6, 6.07) is 18.0. The fraction of sp³-hybridized carbons (Fsp3) is 0.417. The largest absolute Gasteiger partial charge is 0.352 e. The van der Waals surface area contributed by atoms with Crippen molar-refractivity contribution in [1.29, 1.82) is 0 Å². The molecule has 1 fully saturated rings. The third-order valence-electron chi connectivity index (χ3n) is 5.62. The van der Waals surface area contributed by atoms with E-state index in [1.165, 1.54) is 24.8 Å². The van der Waals surface area contributed by atoms with Crippen molar-refractivity contribution in [2.24, 2.45) is 0 Å². The quantitative estimate of drug-likeness (QED) is 0.779. The summed E-state index contributed by atoms with van der Waals surface area (Å²) < 4.78 is 0. The molecule has 4 nitrogen and oxygen atoms in total. The Morgan fingerprint density at radius 3 is 2.29 bits per heavy atom. The third kappa shape index (κ3) is 5.69. The molecule has 2 aromatic carbocycles. The first-order chi connectivity index (χ1) is 13.6. The van der Waals surface area contributed by atoms with Gasteiger partial charge in [0.2, 0.25) is 5.91 Å². The minimum absolute atomic E-state index is 0.0426. The van der Waals surface area contributed by atoms with E-state index in [0.717, 1.165) is 24.8 Å². The van der Waals surface area contributed by atoms with Gasteiger partial charge in [0.1, 0.15) is 0 Å². The van der Waals surface area contributed by atoms with E-state index in [1.54, 1.807) is 0 Å².